The van der Waals surface area contributed by atoms with E-state index < -0.39 is 0 Å². The molecule has 0 radical (unpaired) electrons. The summed E-state index contributed by atoms with van der Waals surface area (Å²) < 4.78 is 5.64. The van der Waals surface area contributed by atoms with Crippen LogP contribution in [-0.2, 0) is 11.3 Å². The van der Waals surface area contributed by atoms with Gasteiger partial charge in [-0.05, 0) is 90.7 Å². The second-order valence-electron chi connectivity index (χ2n) is 9.47. The normalized spacial score (nSPS) is 18.6. The summed E-state index contributed by atoms with van der Waals surface area (Å²) in [5, 5.41) is 0. The van der Waals surface area contributed by atoms with Gasteiger partial charge in [0.2, 0.25) is 0 Å². The summed E-state index contributed by atoms with van der Waals surface area (Å²) in [6.45, 7) is 5.78. The van der Waals surface area contributed by atoms with Gasteiger partial charge in [0.25, 0.3) is 0 Å². The first kappa shape index (κ1) is 23.5. The zero-order valence-electron chi connectivity index (χ0n) is 20.3. The van der Waals surface area contributed by atoms with Crippen LogP contribution < -0.4 is 0 Å². The fraction of sp³-hybridized carbons (Fsp3) is 0.375. The molecule has 0 unspecified atom stereocenters. The van der Waals surface area contributed by atoms with Gasteiger partial charge in [-0.3, -0.25) is 0 Å². The third kappa shape index (κ3) is 6.45. The molecule has 0 amide bonds. The third-order valence-corrected chi connectivity index (χ3v) is 7.06. The molecule has 0 saturated heterocycles. The maximum atomic E-state index is 5.64. The van der Waals surface area contributed by atoms with Crippen LogP contribution in [0.25, 0.3) is 22.3 Å². The summed E-state index contributed by atoms with van der Waals surface area (Å²) in [4.78, 5) is 0. The van der Waals surface area contributed by atoms with E-state index in [1.807, 2.05) is 0 Å². The Kier molecular flexibility index (Phi) is 8.55. The van der Waals surface area contributed by atoms with Crippen LogP contribution in [0.5, 0.6) is 0 Å². The van der Waals surface area contributed by atoms with Crippen LogP contribution in [0.2, 0.25) is 0 Å². The Hall–Kier alpha value is -2.64. The van der Waals surface area contributed by atoms with Gasteiger partial charge in [-0.25, -0.2) is 0 Å². The molecule has 1 saturated carbocycles. The molecule has 0 aromatic heterocycles. The summed E-state index contributed by atoms with van der Waals surface area (Å²) in [5.74, 6) is 1.62. The minimum atomic E-state index is 0.695. The highest BCUT2D eigenvalue weighted by molar-refractivity contribution is 5.70. The summed E-state index contributed by atoms with van der Waals surface area (Å²) in [5.41, 5.74) is 7.84. The SMILES string of the molecule is CC=CC[C@H]1CC[C@H](c2ccc(-c3ccc(-c4ccc(COCCC)cc4)cc3)cc2)CC1. The highest BCUT2D eigenvalue weighted by Crippen LogP contribution is 2.38. The Morgan fingerprint density at radius 1 is 0.727 bits per heavy atom. The van der Waals surface area contributed by atoms with Gasteiger partial charge in [-0.1, -0.05) is 91.9 Å². The van der Waals surface area contributed by atoms with E-state index in [-0.39, 0.29) is 0 Å². The number of ether oxygens (including phenoxy) is 1. The van der Waals surface area contributed by atoms with Crippen LogP contribution in [0.1, 0.15) is 69.4 Å². The van der Waals surface area contributed by atoms with Gasteiger partial charge in [-0.2, -0.15) is 0 Å². The molecule has 33 heavy (non-hydrogen) atoms. The maximum Gasteiger partial charge on any atom is 0.0716 e. The van der Waals surface area contributed by atoms with Gasteiger partial charge < -0.3 is 4.74 Å². The van der Waals surface area contributed by atoms with Crippen LogP contribution in [0.4, 0.5) is 0 Å². The monoisotopic (exact) mass is 438 g/mol. The second-order valence-corrected chi connectivity index (χ2v) is 9.47. The lowest BCUT2D eigenvalue weighted by Gasteiger charge is -2.28. The van der Waals surface area contributed by atoms with E-state index in [0.717, 1.165) is 24.9 Å². The lowest BCUT2D eigenvalue weighted by Crippen LogP contribution is -2.12. The van der Waals surface area contributed by atoms with E-state index in [2.05, 4.69) is 98.8 Å². The van der Waals surface area contributed by atoms with Gasteiger partial charge in [-0.15, -0.1) is 0 Å². The molecule has 1 fully saturated rings. The first-order chi connectivity index (χ1) is 16.3. The summed E-state index contributed by atoms with van der Waals surface area (Å²) in [6.07, 6.45) is 12.2. The van der Waals surface area contributed by atoms with Crippen molar-refractivity contribution >= 4 is 0 Å². The van der Waals surface area contributed by atoms with Gasteiger partial charge in [0.1, 0.15) is 0 Å². The van der Waals surface area contributed by atoms with E-state index in [1.165, 1.54) is 65.5 Å². The van der Waals surface area contributed by atoms with Crippen molar-refractivity contribution in [1.29, 1.82) is 0 Å². The van der Waals surface area contributed by atoms with Crippen LogP contribution in [0.3, 0.4) is 0 Å². The standard InChI is InChI=1S/C32H38O/c1-3-5-6-25-7-11-27(12-8-25)29-15-19-31(20-16-29)32-21-17-30(18-22-32)28-13-9-26(10-14-28)24-33-23-4-2/h3,5,9-10,13-22,25,27H,4,6-8,11-12,23-24H2,1-2H3/t25-,27-. The molecule has 1 heteroatoms. The van der Waals surface area contributed by atoms with Gasteiger partial charge >= 0.3 is 0 Å². The fourth-order valence-electron chi connectivity index (χ4n) is 4.99. The van der Waals surface area contributed by atoms with Crippen LogP contribution in [0, 0.1) is 5.92 Å². The molecular formula is C32H38O. The minimum absolute atomic E-state index is 0.695. The summed E-state index contributed by atoms with van der Waals surface area (Å²) >= 11 is 0. The van der Waals surface area contributed by atoms with Crippen molar-refractivity contribution in [3.8, 4) is 22.3 Å². The molecule has 0 heterocycles. The van der Waals surface area contributed by atoms with Crippen molar-refractivity contribution in [2.45, 2.75) is 64.9 Å². The van der Waals surface area contributed by atoms with Crippen LogP contribution in [0.15, 0.2) is 84.9 Å². The van der Waals surface area contributed by atoms with E-state index in [9.17, 15) is 0 Å². The van der Waals surface area contributed by atoms with Crippen molar-refractivity contribution in [3.63, 3.8) is 0 Å². The highest BCUT2D eigenvalue weighted by atomic mass is 16.5. The highest BCUT2D eigenvalue weighted by Gasteiger charge is 2.21. The van der Waals surface area contributed by atoms with Crippen molar-refractivity contribution in [2.75, 3.05) is 6.61 Å². The second kappa shape index (κ2) is 12.0. The molecule has 0 bridgehead atoms. The van der Waals surface area contributed by atoms with Gasteiger partial charge in [0.05, 0.1) is 6.61 Å². The molecule has 1 nitrogen and oxygen atoms in total. The lowest BCUT2D eigenvalue weighted by atomic mass is 9.77. The van der Waals surface area contributed by atoms with Crippen molar-refractivity contribution in [1.82, 2.24) is 0 Å². The molecule has 172 valence electrons. The van der Waals surface area contributed by atoms with Crippen LogP contribution >= 0.6 is 0 Å². The molecule has 1 aliphatic rings. The topological polar surface area (TPSA) is 9.23 Å². The van der Waals surface area contributed by atoms with E-state index in [4.69, 9.17) is 4.74 Å². The molecular weight excluding hydrogens is 400 g/mol. The summed E-state index contributed by atoms with van der Waals surface area (Å²) in [7, 11) is 0. The molecule has 3 aromatic carbocycles. The largest absolute Gasteiger partial charge is 0.377 e. The minimum Gasteiger partial charge on any atom is -0.377 e. The number of rotatable bonds is 9. The van der Waals surface area contributed by atoms with Gasteiger partial charge in [0.15, 0.2) is 0 Å². The zero-order chi connectivity index (χ0) is 22.9. The first-order valence-electron chi connectivity index (χ1n) is 12.8. The lowest BCUT2D eigenvalue weighted by molar-refractivity contribution is 0.121. The van der Waals surface area contributed by atoms with Crippen LogP contribution in [-0.4, -0.2) is 6.61 Å². The Balaban J connectivity index is 1.35. The van der Waals surface area contributed by atoms with Crippen molar-refractivity contribution in [2.24, 2.45) is 5.92 Å². The predicted molar refractivity (Wildman–Crippen MR) is 141 cm³/mol. The smallest absolute Gasteiger partial charge is 0.0716 e. The fourth-order valence-corrected chi connectivity index (χ4v) is 4.99. The Bertz CT molecular complexity index is 988. The number of allylic oxidation sites excluding steroid dienone is 2. The number of benzene rings is 3. The molecule has 0 aliphatic heterocycles. The van der Waals surface area contributed by atoms with Crippen molar-refractivity contribution < 1.29 is 4.74 Å². The van der Waals surface area contributed by atoms with E-state index in [0.29, 0.717) is 6.61 Å². The Morgan fingerprint density at radius 3 is 1.76 bits per heavy atom. The quantitative estimate of drug-likeness (QED) is 0.239. The molecule has 1 aliphatic carbocycles. The molecule has 0 atom stereocenters. The van der Waals surface area contributed by atoms with E-state index in [1.54, 1.807) is 0 Å². The molecule has 0 spiro atoms. The summed E-state index contributed by atoms with van der Waals surface area (Å²) in [6, 6.07) is 27.0. The van der Waals surface area contributed by atoms with Crippen molar-refractivity contribution in [3.05, 3.63) is 96.1 Å². The van der Waals surface area contributed by atoms with E-state index >= 15 is 0 Å². The van der Waals surface area contributed by atoms with Gasteiger partial charge in [0, 0.05) is 6.61 Å². The molecule has 0 N–H and O–H groups in total. The zero-order valence-corrected chi connectivity index (χ0v) is 20.3. The predicted octanol–water partition coefficient (Wildman–Crippen LogP) is 9.19. The average molecular weight is 439 g/mol. The number of hydrogen-bond acceptors (Lipinski definition) is 1. The maximum absolute atomic E-state index is 5.64. The average Bonchev–Trinajstić information content (AvgIpc) is 2.89. The number of hydrogen-bond donors (Lipinski definition) is 0. The first-order valence-corrected chi connectivity index (χ1v) is 12.8. The molecule has 3 aromatic rings. The third-order valence-electron chi connectivity index (χ3n) is 7.06. The Labute approximate surface area is 200 Å². The Morgan fingerprint density at radius 2 is 1.24 bits per heavy atom. The molecule has 4 rings (SSSR count).